The zero-order chi connectivity index (χ0) is 21.3. The van der Waals surface area contributed by atoms with E-state index in [0.717, 1.165) is 11.3 Å². The molecule has 7 nitrogen and oxygen atoms in total. The molecule has 3 aromatic rings. The van der Waals surface area contributed by atoms with Crippen molar-refractivity contribution in [3.8, 4) is 17.2 Å². The number of ketones is 1. The minimum absolute atomic E-state index is 0.0888. The summed E-state index contributed by atoms with van der Waals surface area (Å²) in [6.45, 7) is 3.46. The van der Waals surface area contributed by atoms with E-state index in [2.05, 4.69) is 10.3 Å². The molecule has 2 aromatic carbocycles. The number of Topliss-reactive ketones (excluding diaryl/α,β-unsaturated/α-hetero) is 1. The molecule has 0 radical (unpaired) electrons. The van der Waals surface area contributed by atoms with Crippen molar-refractivity contribution in [3.05, 3.63) is 58.9 Å². The highest BCUT2D eigenvalue weighted by Gasteiger charge is 2.21. The second kappa shape index (κ2) is 8.41. The number of amides is 1. The van der Waals surface area contributed by atoms with Crippen molar-refractivity contribution in [1.82, 2.24) is 9.55 Å². The first kappa shape index (κ1) is 20.3. The summed E-state index contributed by atoms with van der Waals surface area (Å²) in [6.07, 6.45) is 3.50. The van der Waals surface area contributed by atoms with Gasteiger partial charge in [0.25, 0.3) is 0 Å². The second-order valence-electron chi connectivity index (χ2n) is 6.61. The van der Waals surface area contributed by atoms with Gasteiger partial charge in [-0.15, -0.1) is 0 Å². The molecular formula is C21H18ClN3O4S. The number of halogens is 1. The van der Waals surface area contributed by atoms with Gasteiger partial charge < -0.3 is 14.8 Å². The predicted molar refractivity (Wildman–Crippen MR) is 115 cm³/mol. The van der Waals surface area contributed by atoms with Crippen LogP contribution in [0.2, 0.25) is 5.02 Å². The lowest BCUT2D eigenvalue weighted by Gasteiger charge is -2.12. The van der Waals surface area contributed by atoms with Crippen LogP contribution < -0.4 is 14.8 Å². The molecule has 0 bridgehead atoms. The zero-order valence-corrected chi connectivity index (χ0v) is 17.8. The SMILES string of the molecule is CC(=O)c1cc2c(cc1NC(=O)CSc1nccn1-c1cccc(Cl)c1C)OCO2. The van der Waals surface area contributed by atoms with E-state index >= 15 is 0 Å². The molecule has 154 valence electrons. The number of anilines is 1. The number of carbonyl (C=O) groups excluding carboxylic acids is 2. The number of nitrogens with one attached hydrogen (secondary N) is 1. The lowest BCUT2D eigenvalue weighted by Crippen LogP contribution is -2.16. The first-order valence-corrected chi connectivity index (χ1v) is 10.5. The molecule has 1 N–H and O–H groups in total. The molecule has 1 aliphatic rings. The Hall–Kier alpha value is -2.97. The van der Waals surface area contributed by atoms with E-state index in [4.69, 9.17) is 21.1 Å². The van der Waals surface area contributed by atoms with E-state index in [1.165, 1.54) is 18.7 Å². The quantitative estimate of drug-likeness (QED) is 0.446. The molecule has 0 saturated heterocycles. The normalized spacial score (nSPS) is 12.1. The number of nitrogens with zero attached hydrogens (tertiary/aromatic N) is 2. The Morgan fingerprint density at radius 3 is 2.80 bits per heavy atom. The first-order chi connectivity index (χ1) is 14.4. The molecule has 30 heavy (non-hydrogen) atoms. The Balaban J connectivity index is 1.49. The summed E-state index contributed by atoms with van der Waals surface area (Å²) in [5, 5.41) is 4.11. The van der Waals surface area contributed by atoms with Gasteiger partial charge in [0.1, 0.15) is 0 Å². The summed E-state index contributed by atoms with van der Waals surface area (Å²) < 4.78 is 12.5. The Morgan fingerprint density at radius 2 is 2.03 bits per heavy atom. The molecule has 0 aliphatic carbocycles. The van der Waals surface area contributed by atoms with Gasteiger partial charge in [0.15, 0.2) is 22.4 Å². The molecule has 0 atom stereocenters. The van der Waals surface area contributed by atoms with Crippen LogP contribution in [0.15, 0.2) is 47.9 Å². The monoisotopic (exact) mass is 443 g/mol. The van der Waals surface area contributed by atoms with E-state index < -0.39 is 0 Å². The van der Waals surface area contributed by atoms with Gasteiger partial charge in [-0.1, -0.05) is 29.4 Å². The molecule has 2 heterocycles. The van der Waals surface area contributed by atoms with Crippen LogP contribution in [0.25, 0.3) is 5.69 Å². The van der Waals surface area contributed by atoms with Gasteiger partial charge in [0.2, 0.25) is 12.7 Å². The summed E-state index contributed by atoms with van der Waals surface area (Å²) in [4.78, 5) is 28.9. The first-order valence-electron chi connectivity index (χ1n) is 9.10. The Labute approximate surface area is 182 Å². The van der Waals surface area contributed by atoms with Crippen molar-refractivity contribution in [2.45, 2.75) is 19.0 Å². The van der Waals surface area contributed by atoms with Crippen molar-refractivity contribution >= 4 is 40.7 Å². The number of hydrogen-bond acceptors (Lipinski definition) is 6. The van der Waals surface area contributed by atoms with Crippen LogP contribution in [0, 0.1) is 6.92 Å². The van der Waals surface area contributed by atoms with Crippen LogP contribution in [-0.2, 0) is 4.79 Å². The largest absolute Gasteiger partial charge is 0.454 e. The maximum Gasteiger partial charge on any atom is 0.234 e. The summed E-state index contributed by atoms with van der Waals surface area (Å²) in [7, 11) is 0. The highest BCUT2D eigenvalue weighted by atomic mass is 35.5. The minimum Gasteiger partial charge on any atom is -0.454 e. The highest BCUT2D eigenvalue weighted by Crippen LogP contribution is 2.37. The minimum atomic E-state index is -0.265. The van der Waals surface area contributed by atoms with E-state index in [1.807, 2.05) is 35.9 Å². The van der Waals surface area contributed by atoms with E-state index in [1.54, 1.807) is 18.3 Å². The lowest BCUT2D eigenvalue weighted by atomic mass is 10.1. The van der Waals surface area contributed by atoms with Crippen LogP contribution in [-0.4, -0.2) is 33.8 Å². The van der Waals surface area contributed by atoms with Gasteiger partial charge in [0, 0.05) is 29.0 Å². The van der Waals surface area contributed by atoms with Crippen LogP contribution in [0.5, 0.6) is 11.5 Å². The molecule has 9 heteroatoms. The van der Waals surface area contributed by atoms with Gasteiger partial charge in [-0.2, -0.15) is 0 Å². The predicted octanol–water partition coefficient (Wildman–Crippen LogP) is 4.50. The van der Waals surface area contributed by atoms with Gasteiger partial charge in [-0.3, -0.25) is 14.2 Å². The third-order valence-corrected chi connectivity index (χ3v) is 5.98. The molecule has 1 aliphatic heterocycles. The Bertz CT molecular complexity index is 1150. The smallest absolute Gasteiger partial charge is 0.234 e. The van der Waals surface area contributed by atoms with E-state index in [0.29, 0.717) is 32.9 Å². The Morgan fingerprint density at radius 1 is 1.27 bits per heavy atom. The van der Waals surface area contributed by atoms with Gasteiger partial charge in [-0.25, -0.2) is 4.98 Å². The lowest BCUT2D eigenvalue weighted by molar-refractivity contribution is -0.113. The number of hydrogen-bond donors (Lipinski definition) is 1. The van der Waals surface area contributed by atoms with Crippen molar-refractivity contribution in [2.24, 2.45) is 0 Å². The number of benzene rings is 2. The van der Waals surface area contributed by atoms with Gasteiger partial charge in [-0.05, 0) is 37.6 Å². The molecular weight excluding hydrogens is 426 g/mol. The van der Waals surface area contributed by atoms with Crippen molar-refractivity contribution in [3.63, 3.8) is 0 Å². The number of ether oxygens (including phenoxy) is 2. The standard InChI is InChI=1S/C21H18ClN3O4S/c1-12-15(22)4-3-5-17(12)25-7-6-23-21(25)30-10-20(27)24-16-9-19-18(28-11-29-19)8-14(16)13(2)26/h3-9H,10-11H2,1-2H3,(H,24,27). The molecule has 4 rings (SSSR count). The summed E-state index contributed by atoms with van der Waals surface area (Å²) in [5.74, 6) is 0.658. The fourth-order valence-electron chi connectivity index (χ4n) is 3.09. The number of thioether (sulfide) groups is 1. The van der Waals surface area contributed by atoms with E-state index in [9.17, 15) is 9.59 Å². The number of fused-ring (bicyclic) bond motifs is 1. The van der Waals surface area contributed by atoms with Crippen molar-refractivity contribution in [1.29, 1.82) is 0 Å². The average Bonchev–Trinajstić information content (AvgIpc) is 3.36. The molecule has 0 spiro atoms. The molecule has 0 saturated carbocycles. The van der Waals surface area contributed by atoms with E-state index in [-0.39, 0.29) is 24.2 Å². The third-order valence-electron chi connectivity index (χ3n) is 4.60. The van der Waals surface area contributed by atoms with Gasteiger partial charge in [0.05, 0.1) is 17.1 Å². The van der Waals surface area contributed by atoms with Crippen molar-refractivity contribution < 1.29 is 19.1 Å². The average molecular weight is 444 g/mol. The van der Waals surface area contributed by atoms with Crippen molar-refractivity contribution in [2.75, 3.05) is 17.9 Å². The second-order valence-corrected chi connectivity index (χ2v) is 7.96. The molecule has 1 amide bonds. The molecule has 1 aromatic heterocycles. The summed E-state index contributed by atoms with van der Waals surface area (Å²) in [6, 6.07) is 8.84. The van der Waals surface area contributed by atoms with Crippen LogP contribution in [0.3, 0.4) is 0 Å². The zero-order valence-electron chi connectivity index (χ0n) is 16.3. The number of imidazole rings is 1. The highest BCUT2D eigenvalue weighted by molar-refractivity contribution is 7.99. The van der Waals surface area contributed by atoms with Gasteiger partial charge >= 0.3 is 0 Å². The van der Waals surface area contributed by atoms with Crippen LogP contribution >= 0.6 is 23.4 Å². The third kappa shape index (κ3) is 4.01. The van der Waals surface area contributed by atoms with Crippen LogP contribution in [0.1, 0.15) is 22.8 Å². The molecule has 0 unspecified atom stereocenters. The van der Waals surface area contributed by atoms with Crippen LogP contribution in [0.4, 0.5) is 5.69 Å². The maximum atomic E-state index is 12.6. The topological polar surface area (TPSA) is 82.5 Å². The number of carbonyl (C=O) groups is 2. The number of aromatic nitrogens is 2. The molecule has 0 fully saturated rings. The fourth-order valence-corrected chi connectivity index (χ4v) is 4.03. The number of rotatable bonds is 6. The Kier molecular flexibility index (Phi) is 5.69. The maximum absolute atomic E-state index is 12.6. The summed E-state index contributed by atoms with van der Waals surface area (Å²) in [5.41, 5.74) is 2.59. The fraction of sp³-hybridized carbons (Fsp3) is 0.190. The summed E-state index contributed by atoms with van der Waals surface area (Å²) >= 11 is 7.52.